The van der Waals surface area contributed by atoms with Crippen molar-refractivity contribution in [1.82, 2.24) is 9.80 Å². The van der Waals surface area contributed by atoms with Crippen LogP contribution >= 0.6 is 0 Å². The van der Waals surface area contributed by atoms with Crippen LogP contribution in [0.4, 0.5) is 0 Å². The van der Waals surface area contributed by atoms with E-state index in [0.717, 1.165) is 39.0 Å². The maximum absolute atomic E-state index is 13.2. The Hall–Kier alpha value is -1.39. The number of ether oxygens (including phenoxy) is 1. The molecule has 3 fully saturated rings. The summed E-state index contributed by atoms with van der Waals surface area (Å²) in [6.07, 6.45) is 6.58. The predicted octanol–water partition coefficient (Wildman–Crippen LogP) is 3.03. The summed E-state index contributed by atoms with van der Waals surface area (Å²) < 4.78 is 5.73. The maximum atomic E-state index is 13.2. The Morgan fingerprint density at radius 2 is 1.92 bits per heavy atom. The number of fused-ring (bicyclic) bond motifs is 1. The van der Waals surface area contributed by atoms with Gasteiger partial charge < -0.3 is 14.5 Å². The molecule has 1 aromatic carbocycles. The second-order valence-corrected chi connectivity index (χ2v) is 7.90. The van der Waals surface area contributed by atoms with E-state index in [1.807, 2.05) is 0 Å². The Bertz CT molecular complexity index is 585. The number of nitrogens with zero attached hydrogens (tertiary/aromatic N) is 2. The van der Waals surface area contributed by atoms with Gasteiger partial charge >= 0.3 is 0 Å². The predicted molar refractivity (Wildman–Crippen MR) is 98.5 cm³/mol. The molecule has 1 aromatic rings. The van der Waals surface area contributed by atoms with Crippen molar-refractivity contribution in [2.24, 2.45) is 0 Å². The van der Waals surface area contributed by atoms with E-state index in [-0.39, 0.29) is 12.0 Å². The summed E-state index contributed by atoms with van der Waals surface area (Å²) in [5, 5.41) is 0. The minimum absolute atomic E-state index is 0.203. The number of carbonyl (C=O) groups excluding carboxylic acids is 1. The third kappa shape index (κ3) is 3.34. The third-order valence-corrected chi connectivity index (χ3v) is 6.34. The molecule has 0 bridgehead atoms. The van der Waals surface area contributed by atoms with E-state index in [1.54, 1.807) is 0 Å². The standard InChI is InChI=1S/C21H30N2O2/c1-22-13-7-3-6-11-18-20(22)17(16-9-4-2-5-10-16)15-23(18)21(24)19-12-8-14-25-19/h2,4-5,9-10,17-20H,3,6-8,11-15H2,1H3/t17-,18+,19+,20-/m0/s1. The van der Waals surface area contributed by atoms with Crippen molar-refractivity contribution in [2.75, 3.05) is 26.7 Å². The molecule has 4 nitrogen and oxygen atoms in total. The third-order valence-electron chi connectivity index (χ3n) is 6.34. The molecule has 0 saturated carbocycles. The number of rotatable bonds is 2. The van der Waals surface area contributed by atoms with Crippen molar-refractivity contribution in [1.29, 1.82) is 0 Å². The topological polar surface area (TPSA) is 32.8 Å². The first-order valence-electron chi connectivity index (χ1n) is 9.93. The summed E-state index contributed by atoms with van der Waals surface area (Å²) in [5.74, 6) is 0.638. The van der Waals surface area contributed by atoms with Crippen molar-refractivity contribution >= 4 is 5.91 Å². The lowest BCUT2D eigenvalue weighted by Gasteiger charge is -2.37. The molecule has 0 N–H and O–H groups in total. The van der Waals surface area contributed by atoms with Crippen LogP contribution in [0.1, 0.15) is 50.0 Å². The average Bonchev–Trinajstić information content (AvgIpc) is 3.27. The summed E-state index contributed by atoms with van der Waals surface area (Å²) >= 11 is 0. The SMILES string of the molecule is CN1CCCCC[C@@H]2[C@@H]1[C@H](c1ccccc1)CN2C(=O)[C@H]1CCCO1. The van der Waals surface area contributed by atoms with E-state index in [9.17, 15) is 4.79 Å². The lowest BCUT2D eigenvalue weighted by atomic mass is 9.87. The number of benzene rings is 1. The van der Waals surface area contributed by atoms with Gasteiger partial charge in [-0.2, -0.15) is 0 Å². The Labute approximate surface area is 151 Å². The van der Waals surface area contributed by atoms with Gasteiger partial charge in [0.2, 0.25) is 0 Å². The van der Waals surface area contributed by atoms with Gasteiger partial charge in [0.25, 0.3) is 5.91 Å². The number of hydrogen-bond donors (Lipinski definition) is 0. The van der Waals surface area contributed by atoms with Crippen LogP contribution in [-0.4, -0.2) is 60.6 Å². The Morgan fingerprint density at radius 1 is 1.08 bits per heavy atom. The summed E-state index contributed by atoms with van der Waals surface area (Å²) in [6.45, 7) is 2.70. The highest BCUT2D eigenvalue weighted by atomic mass is 16.5. The molecule has 0 spiro atoms. The van der Waals surface area contributed by atoms with Gasteiger partial charge in [-0.1, -0.05) is 43.2 Å². The summed E-state index contributed by atoms with van der Waals surface area (Å²) in [6, 6.07) is 11.5. The van der Waals surface area contributed by atoms with Gasteiger partial charge in [-0.3, -0.25) is 4.79 Å². The lowest BCUT2D eigenvalue weighted by molar-refractivity contribution is -0.142. The van der Waals surface area contributed by atoms with Gasteiger partial charge in [-0.15, -0.1) is 0 Å². The first kappa shape index (κ1) is 17.0. The van der Waals surface area contributed by atoms with Crippen LogP contribution in [0.2, 0.25) is 0 Å². The van der Waals surface area contributed by atoms with Crippen LogP contribution in [-0.2, 0) is 9.53 Å². The molecule has 25 heavy (non-hydrogen) atoms. The van der Waals surface area contributed by atoms with Crippen molar-refractivity contribution in [2.45, 2.75) is 62.6 Å². The summed E-state index contributed by atoms with van der Waals surface area (Å²) in [4.78, 5) is 17.9. The molecule has 1 amide bonds. The monoisotopic (exact) mass is 342 g/mol. The minimum atomic E-state index is -0.203. The minimum Gasteiger partial charge on any atom is -0.368 e. The molecule has 4 heteroatoms. The maximum Gasteiger partial charge on any atom is 0.252 e. The molecule has 0 aromatic heterocycles. The highest BCUT2D eigenvalue weighted by molar-refractivity contribution is 5.82. The molecule has 136 valence electrons. The molecule has 0 unspecified atom stereocenters. The molecule has 0 aliphatic carbocycles. The van der Waals surface area contributed by atoms with E-state index in [4.69, 9.17) is 4.74 Å². The van der Waals surface area contributed by atoms with Crippen LogP contribution in [0.15, 0.2) is 30.3 Å². The second kappa shape index (κ2) is 7.46. The zero-order chi connectivity index (χ0) is 17.2. The Balaban J connectivity index is 1.64. The fourth-order valence-electron chi connectivity index (χ4n) is 5.09. The Morgan fingerprint density at radius 3 is 2.68 bits per heavy atom. The quantitative estimate of drug-likeness (QED) is 0.828. The van der Waals surface area contributed by atoms with Crippen molar-refractivity contribution in [3.05, 3.63) is 35.9 Å². The summed E-state index contributed by atoms with van der Waals surface area (Å²) in [5.41, 5.74) is 1.37. The number of amides is 1. The van der Waals surface area contributed by atoms with Crippen LogP contribution in [0, 0.1) is 0 Å². The van der Waals surface area contributed by atoms with Crippen molar-refractivity contribution < 1.29 is 9.53 Å². The summed E-state index contributed by atoms with van der Waals surface area (Å²) in [7, 11) is 2.25. The molecular weight excluding hydrogens is 312 g/mol. The molecule has 3 aliphatic rings. The van der Waals surface area contributed by atoms with Gasteiger partial charge in [0.15, 0.2) is 0 Å². The van der Waals surface area contributed by atoms with Gasteiger partial charge in [0, 0.05) is 31.2 Å². The van der Waals surface area contributed by atoms with Crippen molar-refractivity contribution in [3.8, 4) is 0 Å². The number of likely N-dealkylation sites (tertiary alicyclic amines) is 2. The zero-order valence-electron chi connectivity index (χ0n) is 15.3. The molecule has 3 saturated heterocycles. The van der Waals surface area contributed by atoms with Crippen LogP contribution in [0.25, 0.3) is 0 Å². The van der Waals surface area contributed by atoms with E-state index < -0.39 is 0 Å². The largest absolute Gasteiger partial charge is 0.368 e. The van der Waals surface area contributed by atoms with E-state index in [0.29, 0.717) is 18.0 Å². The second-order valence-electron chi connectivity index (χ2n) is 7.90. The van der Waals surface area contributed by atoms with E-state index >= 15 is 0 Å². The normalized spacial score (nSPS) is 33.7. The molecule has 4 rings (SSSR count). The average molecular weight is 342 g/mol. The van der Waals surface area contributed by atoms with E-state index in [2.05, 4.69) is 47.2 Å². The van der Waals surface area contributed by atoms with Crippen LogP contribution < -0.4 is 0 Å². The molecular formula is C21H30N2O2. The van der Waals surface area contributed by atoms with Gasteiger partial charge in [-0.25, -0.2) is 0 Å². The zero-order valence-corrected chi connectivity index (χ0v) is 15.3. The lowest BCUT2D eigenvalue weighted by Crippen LogP contribution is -2.49. The van der Waals surface area contributed by atoms with Crippen LogP contribution in [0.3, 0.4) is 0 Å². The van der Waals surface area contributed by atoms with E-state index in [1.165, 1.54) is 24.8 Å². The highest BCUT2D eigenvalue weighted by Crippen LogP contribution is 2.39. The smallest absolute Gasteiger partial charge is 0.252 e. The molecule has 3 heterocycles. The van der Waals surface area contributed by atoms with Gasteiger partial charge in [0.1, 0.15) is 6.10 Å². The first-order valence-corrected chi connectivity index (χ1v) is 9.93. The van der Waals surface area contributed by atoms with Gasteiger partial charge in [-0.05, 0) is 44.8 Å². The number of carbonyl (C=O) groups is 1. The molecule has 0 radical (unpaired) electrons. The molecule has 4 atom stereocenters. The first-order chi connectivity index (χ1) is 12.3. The Kier molecular flexibility index (Phi) is 5.09. The number of likely N-dealkylation sites (N-methyl/N-ethyl adjacent to an activating group) is 1. The fraction of sp³-hybridized carbons (Fsp3) is 0.667. The van der Waals surface area contributed by atoms with Crippen molar-refractivity contribution in [3.63, 3.8) is 0 Å². The fourth-order valence-corrected chi connectivity index (χ4v) is 5.09. The number of hydrogen-bond acceptors (Lipinski definition) is 3. The molecule has 3 aliphatic heterocycles. The van der Waals surface area contributed by atoms with Gasteiger partial charge in [0.05, 0.1) is 0 Å². The highest BCUT2D eigenvalue weighted by Gasteiger charge is 2.47. The van der Waals surface area contributed by atoms with Crippen LogP contribution in [0.5, 0.6) is 0 Å².